The Hall–Kier alpha value is -4.21. The van der Waals surface area contributed by atoms with Crippen LogP contribution in [0.15, 0.2) is 42.6 Å². The summed E-state index contributed by atoms with van der Waals surface area (Å²) in [6.45, 7) is 6.91. The molecule has 0 radical (unpaired) electrons. The van der Waals surface area contributed by atoms with Crippen molar-refractivity contribution in [2.24, 2.45) is 0 Å². The van der Waals surface area contributed by atoms with E-state index in [0.717, 1.165) is 0 Å². The number of methoxy groups -OCH3 is 1. The minimum absolute atomic E-state index is 0.0357. The first-order valence-electron chi connectivity index (χ1n) is 12.5. The number of Topliss-reactive ketones (excluding diaryl/α,β-unsaturated/α-hetero) is 1. The lowest BCUT2D eigenvalue weighted by Gasteiger charge is -2.43. The molecule has 2 aliphatic heterocycles. The van der Waals surface area contributed by atoms with Crippen LogP contribution in [0.25, 0.3) is 11.3 Å². The van der Waals surface area contributed by atoms with Gasteiger partial charge in [0.2, 0.25) is 5.88 Å². The number of ketones is 1. The molecule has 4 heterocycles. The molecule has 3 aromatic rings. The molecule has 10 nitrogen and oxygen atoms in total. The van der Waals surface area contributed by atoms with Crippen molar-refractivity contribution in [2.45, 2.75) is 51.2 Å². The third-order valence-corrected chi connectivity index (χ3v) is 7.09. The Kier molecular flexibility index (Phi) is 6.21. The fourth-order valence-corrected chi connectivity index (χ4v) is 4.86. The zero-order valence-electron chi connectivity index (χ0n) is 21.9. The van der Waals surface area contributed by atoms with Crippen molar-refractivity contribution in [1.82, 2.24) is 19.7 Å². The highest BCUT2D eigenvalue weighted by Crippen LogP contribution is 2.40. The highest BCUT2D eigenvalue weighted by molar-refractivity contribution is 5.99. The van der Waals surface area contributed by atoms with Crippen LogP contribution in [0.3, 0.4) is 0 Å². The largest absolute Gasteiger partial charge is 0.483 e. The molecule has 0 bridgehead atoms. The number of rotatable bonds is 4. The minimum Gasteiger partial charge on any atom is -0.483 e. The second-order valence-electron chi connectivity index (χ2n) is 10.8. The van der Waals surface area contributed by atoms with Crippen molar-refractivity contribution < 1.29 is 29.0 Å². The van der Waals surface area contributed by atoms with Gasteiger partial charge in [-0.15, -0.1) is 0 Å². The Morgan fingerprint density at radius 2 is 1.76 bits per heavy atom. The molecule has 1 saturated heterocycles. The number of fused-ring (bicyclic) bond motifs is 1. The molecule has 1 aromatic carbocycles. The van der Waals surface area contributed by atoms with Gasteiger partial charge >= 0.3 is 5.97 Å². The number of nitrogens with zero attached hydrogens (tertiary/aromatic N) is 4. The highest BCUT2D eigenvalue weighted by atomic mass is 16.5. The van der Waals surface area contributed by atoms with E-state index in [2.05, 4.69) is 10.1 Å². The van der Waals surface area contributed by atoms with Crippen LogP contribution in [-0.4, -0.2) is 68.2 Å². The normalized spacial score (nSPS) is 16.6. The average molecular weight is 519 g/mol. The Bertz CT molecular complexity index is 1410. The van der Waals surface area contributed by atoms with Crippen molar-refractivity contribution in [2.75, 3.05) is 20.2 Å². The van der Waals surface area contributed by atoms with E-state index in [0.29, 0.717) is 54.2 Å². The summed E-state index contributed by atoms with van der Waals surface area (Å²) in [5.74, 6) is -0.435. The lowest BCUT2D eigenvalue weighted by Crippen LogP contribution is -2.52. The van der Waals surface area contributed by atoms with E-state index >= 15 is 0 Å². The maximum atomic E-state index is 13.5. The number of pyridine rings is 1. The number of aromatic carboxylic acids is 1. The molecule has 198 valence electrons. The number of likely N-dealkylation sites (tertiary alicyclic amines) is 1. The van der Waals surface area contributed by atoms with Gasteiger partial charge < -0.3 is 19.5 Å². The Morgan fingerprint density at radius 3 is 2.37 bits per heavy atom. The number of piperidine rings is 1. The zero-order valence-corrected chi connectivity index (χ0v) is 21.9. The van der Waals surface area contributed by atoms with E-state index in [1.807, 2.05) is 20.8 Å². The van der Waals surface area contributed by atoms with E-state index in [9.17, 15) is 14.4 Å². The molecule has 1 spiro atoms. The second-order valence-corrected chi connectivity index (χ2v) is 10.8. The predicted molar refractivity (Wildman–Crippen MR) is 138 cm³/mol. The molecule has 1 amide bonds. The second kappa shape index (κ2) is 9.27. The zero-order chi connectivity index (χ0) is 27.2. The third kappa shape index (κ3) is 4.73. The first-order valence-corrected chi connectivity index (χ1v) is 12.5. The van der Waals surface area contributed by atoms with Gasteiger partial charge in [-0.1, -0.05) is 12.1 Å². The number of carboxylic acids is 1. The maximum absolute atomic E-state index is 13.5. The van der Waals surface area contributed by atoms with E-state index in [1.165, 1.54) is 19.2 Å². The van der Waals surface area contributed by atoms with Crippen LogP contribution in [0.5, 0.6) is 11.6 Å². The number of benzene rings is 1. The van der Waals surface area contributed by atoms with Crippen LogP contribution >= 0.6 is 0 Å². The van der Waals surface area contributed by atoms with Crippen molar-refractivity contribution >= 4 is 17.7 Å². The van der Waals surface area contributed by atoms with Gasteiger partial charge in [0.05, 0.1) is 36.5 Å². The van der Waals surface area contributed by atoms with Crippen LogP contribution in [0.4, 0.5) is 0 Å². The first kappa shape index (κ1) is 25.4. The van der Waals surface area contributed by atoms with Crippen LogP contribution < -0.4 is 9.47 Å². The van der Waals surface area contributed by atoms with Crippen LogP contribution in [0.1, 0.15) is 71.2 Å². The number of amides is 1. The molecule has 1 fully saturated rings. The van der Waals surface area contributed by atoms with Gasteiger partial charge in [0.25, 0.3) is 5.91 Å². The van der Waals surface area contributed by atoms with Crippen LogP contribution in [-0.2, 0) is 5.54 Å². The molecule has 0 atom stereocenters. The maximum Gasteiger partial charge on any atom is 0.335 e. The van der Waals surface area contributed by atoms with Gasteiger partial charge in [-0.25, -0.2) is 9.78 Å². The molecule has 0 saturated carbocycles. The summed E-state index contributed by atoms with van der Waals surface area (Å²) in [5, 5.41) is 13.6. The Morgan fingerprint density at radius 1 is 1.08 bits per heavy atom. The third-order valence-electron chi connectivity index (χ3n) is 7.09. The molecule has 2 aromatic heterocycles. The molecule has 0 unspecified atom stereocenters. The van der Waals surface area contributed by atoms with E-state index in [-0.39, 0.29) is 35.1 Å². The van der Waals surface area contributed by atoms with Crippen molar-refractivity contribution in [3.63, 3.8) is 0 Å². The van der Waals surface area contributed by atoms with Crippen molar-refractivity contribution in [3.05, 3.63) is 59.4 Å². The molecular weight excluding hydrogens is 488 g/mol. The minimum atomic E-state index is -1.02. The molecule has 10 heteroatoms. The summed E-state index contributed by atoms with van der Waals surface area (Å²) >= 11 is 0. The summed E-state index contributed by atoms with van der Waals surface area (Å²) in [7, 11) is 1.48. The van der Waals surface area contributed by atoms with E-state index in [4.69, 9.17) is 14.6 Å². The van der Waals surface area contributed by atoms with E-state index < -0.39 is 11.6 Å². The summed E-state index contributed by atoms with van der Waals surface area (Å²) in [5.41, 5.74) is 1.20. The number of carbonyl (C=O) groups excluding carboxylic acids is 2. The SMILES string of the molecule is COc1cc(C(=O)N2CCC3(CC2)CC(=O)c2nn(C(C)(C)C)cc2O3)cc(-c2ccc(C(=O)O)cc2)n1. The predicted octanol–water partition coefficient (Wildman–Crippen LogP) is 4.05. The number of carboxylic acid groups (broad SMARTS) is 1. The van der Waals surface area contributed by atoms with Crippen molar-refractivity contribution in [1.29, 1.82) is 0 Å². The Balaban J connectivity index is 1.33. The topological polar surface area (TPSA) is 124 Å². The molecule has 1 N–H and O–H groups in total. The number of hydrogen-bond donors (Lipinski definition) is 1. The molecular formula is C28H30N4O6. The lowest BCUT2D eigenvalue weighted by molar-refractivity contribution is -0.00589. The highest BCUT2D eigenvalue weighted by Gasteiger charge is 2.45. The number of hydrogen-bond acceptors (Lipinski definition) is 7. The molecule has 2 aliphatic rings. The van der Waals surface area contributed by atoms with Crippen molar-refractivity contribution in [3.8, 4) is 22.9 Å². The first-order chi connectivity index (χ1) is 18.0. The average Bonchev–Trinajstić information content (AvgIpc) is 3.33. The number of carbonyl (C=O) groups is 3. The monoisotopic (exact) mass is 518 g/mol. The van der Waals surface area contributed by atoms with E-state index in [1.54, 1.807) is 40.0 Å². The lowest BCUT2D eigenvalue weighted by atomic mass is 9.83. The number of ether oxygens (including phenoxy) is 2. The standard InChI is InChI=1S/C28H30N4O6/c1-27(2,3)32-16-22-24(30-32)21(33)15-28(38-22)9-11-31(12-10-28)25(34)19-13-20(29-23(14-19)37-4)17-5-7-18(8-6-17)26(35)36/h5-8,13-14,16H,9-12,15H2,1-4H3,(H,35,36). The summed E-state index contributed by atoms with van der Waals surface area (Å²) in [6, 6.07) is 9.56. The summed E-state index contributed by atoms with van der Waals surface area (Å²) in [6.07, 6.45) is 3.08. The van der Waals surface area contributed by atoms with Gasteiger partial charge in [-0.3, -0.25) is 14.3 Å². The van der Waals surface area contributed by atoms with Gasteiger partial charge in [0, 0.05) is 43.1 Å². The quantitative estimate of drug-likeness (QED) is 0.549. The smallest absolute Gasteiger partial charge is 0.335 e. The molecule has 38 heavy (non-hydrogen) atoms. The Labute approximate surface area is 220 Å². The van der Waals surface area contributed by atoms with Crippen LogP contribution in [0.2, 0.25) is 0 Å². The fraction of sp³-hybridized carbons (Fsp3) is 0.393. The van der Waals surface area contributed by atoms with Gasteiger partial charge in [0.1, 0.15) is 5.60 Å². The molecule has 0 aliphatic carbocycles. The van der Waals surface area contributed by atoms with Gasteiger partial charge in [-0.05, 0) is 39.0 Å². The van der Waals surface area contributed by atoms with Gasteiger partial charge in [0.15, 0.2) is 17.2 Å². The summed E-state index contributed by atoms with van der Waals surface area (Å²) < 4.78 is 13.5. The number of aromatic nitrogens is 3. The molecule has 5 rings (SSSR count). The summed E-state index contributed by atoms with van der Waals surface area (Å²) in [4.78, 5) is 43.8. The fourth-order valence-electron chi connectivity index (χ4n) is 4.86. The van der Waals surface area contributed by atoms with Crippen LogP contribution in [0, 0.1) is 0 Å². The van der Waals surface area contributed by atoms with Gasteiger partial charge in [-0.2, -0.15) is 5.10 Å².